The molecular weight excluding hydrogens is 364 g/mol. The SMILES string of the molecule is CCCCCCC(=O)NCC1(C)CC(NC(=O)n2cc(C)c(C)n2)CC(C)(C)C1. The van der Waals surface area contributed by atoms with E-state index in [4.69, 9.17) is 0 Å². The summed E-state index contributed by atoms with van der Waals surface area (Å²) in [4.78, 5) is 24.9. The fraction of sp³-hybridized carbons (Fsp3) is 0.783. The minimum atomic E-state index is -0.175. The molecule has 164 valence electrons. The van der Waals surface area contributed by atoms with Crippen LogP contribution in [-0.2, 0) is 4.79 Å². The fourth-order valence-corrected chi connectivity index (χ4v) is 4.87. The molecule has 2 N–H and O–H groups in total. The lowest BCUT2D eigenvalue weighted by atomic mass is 9.62. The van der Waals surface area contributed by atoms with E-state index < -0.39 is 0 Å². The van der Waals surface area contributed by atoms with Crippen molar-refractivity contribution in [1.29, 1.82) is 0 Å². The van der Waals surface area contributed by atoms with E-state index in [0.717, 1.165) is 43.4 Å². The van der Waals surface area contributed by atoms with Crippen LogP contribution in [0.15, 0.2) is 6.20 Å². The second-order valence-corrected chi connectivity index (χ2v) is 10.1. The van der Waals surface area contributed by atoms with Crippen molar-refractivity contribution in [3.8, 4) is 0 Å². The molecule has 1 aliphatic rings. The van der Waals surface area contributed by atoms with E-state index in [1.165, 1.54) is 17.5 Å². The van der Waals surface area contributed by atoms with Gasteiger partial charge in [-0.3, -0.25) is 4.79 Å². The average molecular weight is 405 g/mol. The lowest BCUT2D eigenvalue weighted by Crippen LogP contribution is -2.51. The zero-order valence-corrected chi connectivity index (χ0v) is 19.2. The molecule has 1 heterocycles. The molecule has 1 fully saturated rings. The van der Waals surface area contributed by atoms with Crippen LogP contribution in [0.5, 0.6) is 0 Å². The van der Waals surface area contributed by atoms with E-state index in [1.807, 2.05) is 13.8 Å². The van der Waals surface area contributed by atoms with Crippen molar-refractivity contribution < 1.29 is 9.59 Å². The van der Waals surface area contributed by atoms with Gasteiger partial charge in [0.1, 0.15) is 0 Å². The highest BCUT2D eigenvalue weighted by atomic mass is 16.2. The number of carbonyl (C=O) groups is 2. The van der Waals surface area contributed by atoms with Gasteiger partial charge in [0, 0.05) is 25.2 Å². The molecule has 0 bridgehead atoms. The van der Waals surface area contributed by atoms with Gasteiger partial charge < -0.3 is 10.6 Å². The molecule has 6 nitrogen and oxygen atoms in total. The van der Waals surface area contributed by atoms with Crippen LogP contribution in [0, 0.1) is 24.7 Å². The van der Waals surface area contributed by atoms with Gasteiger partial charge in [0.2, 0.25) is 5.91 Å². The van der Waals surface area contributed by atoms with Gasteiger partial charge in [-0.2, -0.15) is 9.78 Å². The van der Waals surface area contributed by atoms with Gasteiger partial charge >= 0.3 is 6.03 Å². The number of rotatable bonds is 8. The quantitative estimate of drug-likeness (QED) is 0.615. The predicted molar refractivity (Wildman–Crippen MR) is 117 cm³/mol. The van der Waals surface area contributed by atoms with Gasteiger partial charge in [0.05, 0.1) is 5.69 Å². The molecule has 0 aliphatic heterocycles. The van der Waals surface area contributed by atoms with Crippen LogP contribution in [0.2, 0.25) is 0 Å². The van der Waals surface area contributed by atoms with Crippen LogP contribution >= 0.6 is 0 Å². The molecule has 2 atom stereocenters. The summed E-state index contributed by atoms with van der Waals surface area (Å²) >= 11 is 0. The maximum Gasteiger partial charge on any atom is 0.342 e. The maximum atomic E-state index is 12.7. The van der Waals surface area contributed by atoms with Crippen LogP contribution in [0.25, 0.3) is 0 Å². The second-order valence-electron chi connectivity index (χ2n) is 10.1. The molecule has 1 aliphatic carbocycles. The van der Waals surface area contributed by atoms with Crippen molar-refractivity contribution in [3.05, 3.63) is 17.5 Å². The van der Waals surface area contributed by atoms with E-state index in [2.05, 4.69) is 43.4 Å². The highest BCUT2D eigenvalue weighted by molar-refractivity contribution is 5.76. The monoisotopic (exact) mass is 404 g/mol. The number of nitrogens with zero attached hydrogens (tertiary/aromatic N) is 2. The van der Waals surface area contributed by atoms with E-state index in [0.29, 0.717) is 13.0 Å². The summed E-state index contributed by atoms with van der Waals surface area (Å²) in [6, 6.07) is -0.103. The smallest absolute Gasteiger partial charge is 0.342 e. The van der Waals surface area contributed by atoms with Gasteiger partial charge in [-0.1, -0.05) is 47.0 Å². The molecule has 29 heavy (non-hydrogen) atoms. The van der Waals surface area contributed by atoms with Crippen molar-refractivity contribution in [2.75, 3.05) is 6.54 Å². The third-order valence-corrected chi connectivity index (χ3v) is 6.09. The Labute approximate surface area is 176 Å². The Morgan fingerprint density at radius 2 is 1.90 bits per heavy atom. The van der Waals surface area contributed by atoms with Gasteiger partial charge in [-0.25, -0.2) is 4.79 Å². The minimum Gasteiger partial charge on any atom is -0.356 e. The zero-order chi connectivity index (χ0) is 21.7. The van der Waals surface area contributed by atoms with Crippen LogP contribution in [0.3, 0.4) is 0 Å². The minimum absolute atomic E-state index is 0.0330. The molecule has 2 amide bonds. The number of hydrogen-bond acceptors (Lipinski definition) is 3. The van der Waals surface area contributed by atoms with Gasteiger partial charge in [-0.05, 0) is 55.9 Å². The van der Waals surface area contributed by atoms with Crippen LogP contribution in [0.4, 0.5) is 4.79 Å². The van der Waals surface area contributed by atoms with Crippen LogP contribution in [-0.4, -0.2) is 34.3 Å². The van der Waals surface area contributed by atoms with Crippen LogP contribution < -0.4 is 10.6 Å². The first kappa shape index (κ1) is 23.4. The first-order chi connectivity index (χ1) is 13.5. The van der Waals surface area contributed by atoms with Crippen LogP contribution in [0.1, 0.15) is 90.3 Å². The summed E-state index contributed by atoms with van der Waals surface area (Å²) in [6.07, 6.45) is 9.65. The van der Waals surface area contributed by atoms with Crippen molar-refractivity contribution in [2.45, 2.75) is 99.0 Å². The van der Waals surface area contributed by atoms with Crippen molar-refractivity contribution in [1.82, 2.24) is 20.4 Å². The van der Waals surface area contributed by atoms with E-state index in [1.54, 1.807) is 6.20 Å². The average Bonchev–Trinajstić information content (AvgIpc) is 2.94. The first-order valence-corrected chi connectivity index (χ1v) is 11.1. The van der Waals surface area contributed by atoms with Gasteiger partial charge in [-0.15, -0.1) is 0 Å². The Kier molecular flexibility index (Phi) is 7.89. The fourth-order valence-electron chi connectivity index (χ4n) is 4.87. The Morgan fingerprint density at radius 3 is 2.52 bits per heavy atom. The van der Waals surface area contributed by atoms with Gasteiger partial charge in [0.15, 0.2) is 0 Å². The summed E-state index contributed by atoms with van der Waals surface area (Å²) in [7, 11) is 0. The number of unbranched alkanes of at least 4 members (excludes halogenated alkanes) is 3. The third-order valence-electron chi connectivity index (χ3n) is 6.09. The highest BCUT2D eigenvalue weighted by Crippen LogP contribution is 2.45. The number of carbonyl (C=O) groups excluding carboxylic acids is 2. The second kappa shape index (κ2) is 9.77. The first-order valence-electron chi connectivity index (χ1n) is 11.1. The Bertz CT molecular complexity index is 690. The molecule has 0 radical (unpaired) electrons. The molecule has 0 saturated heterocycles. The van der Waals surface area contributed by atoms with E-state index >= 15 is 0 Å². The summed E-state index contributed by atoms with van der Waals surface area (Å²) in [5.41, 5.74) is 1.95. The molecule has 1 aromatic rings. The number of aromatic nitrogens is 2. The number of hydrogen-bond donors (Lipinski definition) is 2. The molecule has 2 rings (SSSR count). The highest BCUT2D eigenvalue weighted by Gasteiger charge is 2.42. The molecular formula is C23H40N4O2. The Morgan fingerprint density at radius 1 is 1.17 bits per heavy atom. The molecule has 1 aromatic heterocycles. The summed E-state index contributed by atoms with van der Waals surface area (Å²) in [6.45, 7) is 13.4. The lowest BCUT2D eigenvalue weighted by molar-refractivity contribution is -0.122. The predicted octanol–water partition coefficient (Wildman–Crippen LogP) is 4.73. The molecule has 2 unspecified atom stereocenters. The Balaban J connectivity index is 1.93. The number of nitrogens with one attached hydrogen (secondary N) is 2. The molecule has 6 heteroatoms. The zero-order valence-electron chi connectivity index (χ0n) is 19.2. The van der Waals surface area contributed by atoms with Crippen molar-refractivity contribution in [2.24, 2.45) is 10.8 Å². The number of aryl methyl sites for hydroxylation is 2. The number of amides is 2. The summed E-state index contributed by atoms with van der Waals surface area (Å²) < 4.78 is 1.40. The third kappa shape index (κ3) is 7.16. The standard InChI is InChI=1S/C23H40N4O2/c1-7-8-9-10-11-20(28)24-16-23(6)13-19(12-22(4,5)15-23)25-21(29)27-14-17(2)18(3)26-27/h14,19H,7-13,15-16H2,1-6H3,(H,24,28)(H,25,29). The maximum absolute atomic E-state index is 12.7. The normalized spacial score (nSPS) is 23.6. The van der Waals surface area contributed by atoms with E-state index in [-0.39, 0.29) is 28.8 Å². The summed E-state index contributed by atoms with van der Waals surface area (Å²) in [5, 5.41) is 10.6. The largest absolute Gasteiger partial charge is 0.356 e. The van der Waals surface area contributed by atoms with E-state index in [9.17, 15) is 9.59 Å². The lowest BCUT2D eigenvalue weighted by Gasteiger charge is -2.46. The molecule has 0 aromatic carbocycles. The van der Waals surface area contributed by atoms with Crippen molar-refractivity contribution >= 4 is 11.9 Å². The molecule has 0 spiro atoms. The van der Waals surface area contributed by atoms with Gasteiger partial charge in [0.25, 0.3) is 0 Å². The molecule has 1 saturated carbocycles. The topological polar surface area (TPSA) is 76.0 Å². The van der Waals surface area contributed by atoms with Crippen molar-refractivity contribution in [3.63, 3.8) is 0 Å². The Hall–Kier alpha value is -1.85. The summed E-state index contributed by atoms with van der Waals surface area (Å²) in [5.74, 6) is 0.147.